The van der Waals surface area contributed by atoms with Gasteiger partial charge in [0.2, 0.25) is 0 Å². The standard InChI is InChI=1S/C30H46O.C4H6O2/c1-3-5-7-9-11-13-15-21-27-23-17-19-25-29(27)31-30-26-20-18-24-28(30)22-16-14-12-10-8-6-4-2;1-3-4(5)6-2/h17-20,23-26H,3-16,21-22H2,1-2H3;3H,1H2,2H3. The molecule has 0 saturated heterocycles. The Kier molecular flexibility index (Phi) is 19.9. The molecule has 2 rings (SSSR count). The first-order chi connectivity index (χ1) is 18.2. The van der Waals surface area contributed by atoms with Gasteiger partial charge in [-0.3, -0.25) is 0 Å². The summed E-state index contributed by atoms with van der Waals surface area (Å²) < 4.78 is 10.6. The molecule has 0 aliphatic carbocycles. The number of rotatable bonds is 19. The van der Waals surface area contributed by atoms with Gasteiger partial charge in [-0.25, -0.2) is 4.79 Å². The minimum atomic E-state index is -0.394. The van der Waals surface area contributed by atoms with Crippen molar-refractivity contribution in [1.29, 1.82) is 0 Å². The summed E-state index contributed by atoms with van der Waals surface area (Å²) in [6, 6.07) is 17.3. The Labute approximate surface area is 227 Å². The SMILES string of the molecule is C=CC(=O)OC.CCCCCCCCCc1ccccc1Oc1ccccc1CCCCCCCCC. The van der Waals surface area contributed by atoms with Gasteiger partial charge in [0.1, 0.15) is 11.5 Å². The number of carbonyl (C=O) groups excluding carboxylic acids is 1. The van der Waals surface area contributed by atoms with E-state index in [0.29, 0.717) is 0 Å². The Bertz CT molecular complexity index is 783. The molecule has 2 aromatic rings. The summed E-state index contributed by atoms with van der Waals surface area (Å²) in [4.78, 5) is 9.84. The molecule has 3 heteroatoms. The average molecular weight is 509 g/mol. The predicted molar refractivity (Wildman–Crippen MR) is 159 cm³/mol. The van der Waals surface area contributed by atoms with Crippen molar-refractivity contribution in [2.75, 3.05) is 7.11 Å². The van der Waals surface area contributed by atoms with Gasteiger partial charge in [-0.05, 0) is 48.9 Å². The van der Waals surface area contributed by atoms with Gasteiger partial charge in [0.25, 0.3) is 0 Å². The van der Waals surface area contributed by atoms with E-state index in [0.717, 1.165) is 30.4 Å². The number of methoxy groups -OCH3 is 1. The van der Waals surface area contributed by atoms with Crippen LogP contribution in [0.25, 0.3) is 0 Å². The Hall–Kier alpha value is -2.55. The third-order valence-corrected chi connectivity index (χ3v) is 6.63. The lowest BCUT2D eigenvalue weighted by atomic mass is 10.0. The molecule has 0 spiro atoms. The van der Waals surface area contributed by atoms with Crippen LogP contribution >= 0.6 is 0 Å². The van der Waals surface area contributed by atoms with Gasteiger partial charge in [-0.15, -0.1) is 0 Å². The third kappa shape index (κ3) is 16.0. The summed E-state index contributed by atoms with van der Waals surface area (Å²) in [6.07, 6.45) is 22.2. The van der Waals surface area contributed by atoms with Gasteiger partial charge in [0.15, 0.2) is 0 Å². The van der Waals surface area contributed by atoms with Crippen molar-refractivity contribution in [2.45, 2.75) is 117 Å². The summed E-state index contributed by atoms with van der Waals surface area (Å²) in [5.41, 5.74) is 2.70. The second-order valence-electron chi connectivity index (χ2n) is 9.79. The lowest BCUT2D eigenvalue weighted by molar-refractivity contribution is -0.134. The van der Waals surface area contributed by atoms with Crippen LogP contribution in [0.3, 0.4) is 0 Å². The lowest BCUT2D eigenvalue weighted by Gasteiger charge is -2.14. The number of unbranched alkanes of at least 4 members (excludes halogenated alkanes) is 12. The fraction of sp³-hybridized carbons (Fsp3) is 0.559. The molecule has 0 saturated carbocycles. The lowest BCUT2D eigenvalue weighted by Crippen LogP contribution is -1.96. The van der Waals surface area contributed by atoms with Gasteiger partial charge in [0, 0.05) is 6.08 Å². The second kappa shape index (κ2) is 22.6. The zero-order chi connectivity index (χ0) is 27.0. The van der Waals surface area contributed by atoms with Crippen LogP contribution < -0.4 is 4.74 Å². The fourth-order valence-electron chi connectivity index (χ4n) is 4.37. The Morgan fingerprint density at radius 3 is 1.38 bits per heavy atom. The molecule has 206 valence electrons. The highest BCUT2D eigenvalue weighted by Crippen LogP contribution is 2.30. The maximum atomic E-state index is 9.84. The van der Waals surface area contributed by atoms with Crippen LogP contribution in [0.5, 0.6) is 11.5 Å². The van der Waals surface area contributed by atoms with Gasteiger partial charge >= 0.3 is 5.97 Å². The minimum absolute atomic E-state index is 0.394. The molecule has 0 radical (unpaired) electrons. The third-order valence-electron chi connectivity index (χ3n) is 6.63. The number of para-hydroxylation sites is 2. The number of hydrogen-bond acceptors (Lipinski definition) is 3. The largest absolute Gasteiger partial charge is 0.466 e. The fourth-order valence-corrected chi connectivity index (χ4v) is 4.37. The number of aryl methyl sites for hydroxylation is 2. The van der Waals surface area contributed by atoms with E-state index in [4.69, 9.17) is 4.74 Å². The van der Waals surface area contributed by atoms with Crippen molar-refractivity contribution >= 4 is 5.97 Å². The van der Waals surface area contributed by atoms with Crippen LogP contribution in [-0.2, 0) is 22.4 Å². The first kappa shape index (κ1) is 32.5. The first-order valence-corrected chi connectivity index (χ1v) is 14.7. The van der Waals surface area contributed by atoms with E-state index >= 15 is 0 Å². The Balaban J connectivity index is 0.00000102. The molecule has 0 heterocycles. The van der Waals surface area contributed by atoms with E-state index in [9.17, 15) is 4.79 Å². The highest BCUT2D eigenvalue weighted by molar-refractivity contribution is 5.80. The minimum Gasteiger partial charge on any atom is -0.466 e. The van der Waals surface area contributed by atoms with Crippen LogP contribution in [0.15, 0.2) is 61.2 Å². The molecule has 0 bridgehead atoms. The van der Waals surface area contributed by atoms with E-state index in [1.54, 1.807) is 0 Å². The van der Waals surface area contributed by atoms with Crippen LogP contribution in [0.4, 0.5) is 0 Å². The highest BCUT2D eigenvalue weighted by atomic mass is 16.5. The van der Waals surface area contributed by atoms with E-state index in [1.807, 2.05) is 0 Å². The van der Waals surface area contributed by atoms with Gasteiger partial charge in [0.05, 0.1) is 7.11 Å². The summed E-state index contributed by atoms with van der Waals surface area (Å²) in [5.74, 6) is 1.69. The zero-order valence-electron chi connectivity index (χ0n) is 23.9. The second-order valence-corrected chi connectivity index (χ2v) is 9.79. The molecule has 0 unspecified atom stereocenters. The molecule has 0 aliphatic heterocycles. The van der Waals surface area contributed by atoms with Crippen molar-refractivity contribution < 1.29 is 14.3 Å². The number of benzene rings is 2. The monoisotopic (exact) mass is 508 g/mol. The normalized spacial score (nSPS) is 10.4. The predicted octanol–water partition coefficient (Wildman–Crippen LogP) is 10.4. The van der Waals surface area contributed by atoms with Crippen molar-refractivity contribution in [3.8, 4) is 11.5 Å². The summed E-state index contributed by atoms with van der Waals surface area (Å²) in [7, 11) is 1.31. The Morgan fingerprint density at radius 1 is 0.649 bits per heavy atom. The molecular formula is C34H52O3. The first-order valence-electron chi connectivity index (χ1n) is 14.7. The molecule has 0 amide bonds. The molecule has 37 heavy (non-hydrogen) atoms. The molecule has 2 aromatic carbocycles. The van der Waals surface area contributed by atoms with Gasteiger partial charge in [-0.2, -0.15) is 0 Å². The van der Waals surface area contributed by atoms with E-state index in [1.165, 1.54) is 108 Å². The maximum Gasteiger partial charge on any atom is 0.329 e. The van der Waals surface area contributed by atoms with Gasteiger partial charge in [-0.1, -0.05) is 134 Å². The molecule has 0 aliphatic rings. The Morgan fingerprint density at radius 2 is 1.03 bits per heavy atom. The molecule has 0 aromatic heterocycles. The van der Waals surface area contributed by atoms with Crippen molar-refractivity contribution in [3.05, 3.63) is 72.3 Å². The van der Waals surface area contributed by atoms with Crippen LogP contribution in [0.1, 0.15) is 115 Å². The topological polar surface area (TPSA) is 35.5 Å². The highest BCUT2D eigenvalue weighted by Gasteiger charge is 2.08. The smallest absolute Gasteiger partial charge is 0.329 e. The average Bonchev–Trinajstić information content (AvgIpc) is 2.93. The van der Waals surface area contributed by atoms with E-state index < -0.39 is 5.97 Å². The maximum absolute atomic E-state index is 9.84. The van der Waals surface area contributed by atoms with Crippen LogP contribution in [0.2, 0.25) is 0 Å². The number of esters is 1. The summed E-state index contributed by atoms with van der Waals surface area (Å²) >= 11 is 0. The quantitative estimate of drug-likeness (QED) is 0.107. The zero-order valence-corrected chi connectivity index (χ0v) is 23.9. The van der Waals surface area contributed by atoms with Crippen molar-refractivity contribution in [1.82, 2.24) is 0 Å². The molecular weight excluding hydrogens is 456 g/mol. The van der Waals surface area contributed by atoms with Crippen molar-refractivity contribution in [2.24, 2.45) is 0 Å². The van der Waals surface area contributed by atoms with Crippen LogP contribution in [-0.4, -0.2) is 13.1 Å². The van der Waals surface area contributed by atoms with E-state index in [2.05, 4.69) is 73.7 Å². The summed E-state index contributed by atoms with van der Waals surface area (Å²) in [6.45, 7) is 7.72. The van der Waals surface area contributed by atoms with Gasteiger partial charge < -0.3 is 9.47 Å². The van der Waals surface area contributed by atoms with E-state index in [-0.39, 0.29) is 0 Å². The van der Waals surface area contributed by atoms with Crippen LogP contribution in [0, 0.1) is 0 Å². The molecule has 3 nitrogen and oxygen atoms in total. The summed E-state index contributed by atoms with van der Waals surface area (Å²) in [5, 5.41) is 0. The number of hydrogen-bond donors (Lipinski definition) is 0. The van der Waals surface area contributed by atoms with Crippen molar-refractivity contribution in [3.63, 3.8) is 0 Å². The molecule has 0 N–H and O–H groups in total. The number of ether oxygens (including phenoxy) is 2. The molecule has 0 atom stereocenters. The number of carbonyl (C=O) groups is 1. The molecule has 0 fully saturated rings.